The number of benzene rings is 2. The zero-order chi connectivity index (χ0) is 21.6. The van der Waals surface area contributed by atoms with Crippen molar-refractivity contribution >= 4 is 5.57 Å². The summed E-state index contributed by atoms with van der Waals surface area (Å²) in [4.78, 5) is 4.37. The summed E-state index contributed by atoms with van der Waals surface area (Å²) in [5, 5.41) is 22.4. The number of piperidine rings is 1. The number of hydrogen-bond donors (Lipinski definition) is 2. The molecule has 0 radical (unpaired) electrons. The predicted molar refractivity (Wildman–Crippen MR) is 122 cm³/mol. The molecule has 0 saturated carbocycles. The third kappa shape index (κ3) is 3.85. The van der Waals surface area contributed by atoms with Crippen LogP contribution in [0.15, 0.2) is 36.9 Å². The van der Waals surface area contributed by atoms with Crippen molar-refractivity contribution in [3.8, 4) is 0 Å². The molecule has 2 aliphatic heterocycles. The van der Waals surface area contributed by atoms with Crippen LogP contribution >= 0.6 is 0 Å². The highest BCUT2D eigenvalue weighted by atomic mass is 16.3. The summed E-state index contributed by atoms with van der Waals surface area (Å²) in [5.74, 6) is 0. The summed E-state index contributed by atoms with van der Waals surface area (Å²) in [6.07, 6.45) is 0.868. The number of nitrogens with zero attached hydrogens (tertiary/aromatic N) is 2. The first-order valence-electron chi connectivity index (χ1n) is 10.9. The topological polar surface area (TPSA) is 46.9 Å². The molecule has 1 saturated heterocycles. The lowest BCUT2D eigenvalue weighted by atomic mass is 9.83. The first-order chi connectivity index (χ1) is 14.2. The maximum absolute atomic E-state index is 11.2. The van der Waals surface area contributed by atoms with Gasteiger partial charge in [0.2, 0.25) is 0 Å². The van der Waals surface area contributed by atoms with E-state index in [2.05, 4.69) is 67.6 Å². The Morgan fingerprint density at radius 3 is 2.37 bits per heavy atom. The van der Waals surface area contributed by atoms with Crippen LogP contribution in [-0.2, 0) is 18.7 Å². The normalized spacial score (nSPS) is 20.2. The van der Waals surface area contributed by atoms with Crippen LogP contribution in [0.2, 0.25) is 0 Å². The van der Waals surface area contributed by atoms with Crippen molar-refractivity contribution in [2.75, 3.05) is 20.1 Å². The Morgan fingerprint density at radius 1 is 1.03 bits per heavy atom. The predicted octanol–water partition coefficient (Wildman–Crippen LogP) is 4.26. The van der Waals surface area contributed by atoms with Crippen LogP contribution in [-0.4, -0.2) is 40.2 Å². The number of aliphatic hydroxyl groups is 2. The van der Waals surface area contributed by atoms with Crippen LogP contribution in [0.5, 0.6) is 0 Å². The summed E-state index contributed by atoms with van der Waals surface area (Å²) in [6.45, 7) is 13.5. The highest BCUT2D eigenvalue weighted by Crippen LogP contribution is 2.37. The Balaban J connectivity index is 1.56. The second-order valence-corrected chi connectivity index (χ2v) is 9.40. The van der Waals surface area contributed by atoms with Gasteiger partial charge in [-0.3, -0.25) is 4.90 Å². The van der Waals surface area contributed by atoms with Crippen LogP contribution in [0.25, 0.3) is 5.57 Å². The number of rotatable bonds is 4. The summed E-state index contributed by atoms with van der Waals surface area (Å²) < 4.78 is 0. The molecule has 2 aliphatic rings. The molecular weight excluding hydrogens is 372 g/mol. The molecule has 160 valence electrons. The molecule has 2 aromatic rings. The van der Waals surface area contributed by atoms with Crippen molar-refractivity contribution in [1.82, 2.24) is 9.80 Å². The van der Waals surface area contributed by atoms with Gasteiger partial charge in [-0.1, -0.05) is 36.4 Å². The van der Waals surface area contributed by atoms with Crippen molar-refractivity contribution in [2.45, 2.75) is 58.5 Å². The molecule has 1 atom stereocenters. The molecule has 0 spiro atoms. The van der Waals surface area contributed by atoms with E-state index in [-0.39, 0.29) is 0 Å². The van der Waals surface area contributed by atoms with E-state index in [4.69, 9.17) is 0 Å². The molecule has 2 heterocycles. The van der Waals surface area contributed by atoms with Crippen molar-refractivity contribution in [2.24, 2.45) is 0 Å². The Bertz CT molecular complexity index is 973. The minimum atomic E-state index is -0.739. The first kappa shape index (κ1) is 21.3. The molecule has 4 rings (SSSR count). The van der Waals surface area contributed by atoms with Crippen LogP contribution < -0.4 is 0 Å². The van der Waals surface area contributed by atoms with Crippen LogP contribution in [0.1, 0.15) is 64.9 Å². The minimum absolute atomic E-state index is 0.661. The van der Waals surface area contributed by atoms with Gasteiger partial charge in [0.1, 0.15) is 6.23 Å². The van der Waals surface area contributed by atoms with E-state index in [1.54, 1.807) is 0 Å². The molecule has 0 amide bonds. The fourth-order valence-corrected chi connectivity index (χ4v) is 4.96. The Kier molecular flexibility index (Phi) is 5.62. The van der Waals surface area contributed by atoms with Gasteiger partial charge in [-0.05, 0) is 85.7 Å². The second-order valence-electron chi connectivity index (χ2n) is 9.40. The lowest BCUT2D eigenvalue weighted by molar-refractivity contribution is -0.0204. The van der Waals surface area contributed by atoms with E-state index in [1.807, 2.05) is 6.92 Å². The second kappa shape index (κ2) is 7.93. The maximum Gasteiger partial charge on any atom is 0.134 e. The van der Waals surface area contributed by atoms with E-state index in [1.165, 1.54) is 16.7 Å². The average Bonchev–Trinajstić information content (AvgIpc) is 3.13. The van der Waals surface area contributed by atoms with Crippen molar-refractivity contribution in [3.05, 3.63) is 75.9 Å². The fourth-order valence-electron chi connectivity index (χ4n) is 4.96. The molecule has 0 aromatic heterocycles. The van der Waals surface area contributed by atoms with E-state index in [9.17, 15) is 10.2 Å². The van der Waals surface area contributed by atoms with E-state index >= 15 is 0 Å². The van der Waals surface area contributed by atoms with Crippen LogP contribution in [0.3, 0.4) is 0 Å². The molecule has 1 fully saturated rings. The van der Waals surface area contributed by atoms with E-state index < -0.39 is 11.8 Å². The fraction of sp³-hybridized carbons (Fsp3) is 0.462. The van der Waals surface area contributed by atoms with E-state index in [0.29, 0.717) is 13.1 Å². The van der Waals surface area contributed by atoms with Gasteiger partial charge in [0, 0.05) is 26.2 Å². The first-order valence-corrected chi connectivity index (χ1v) is 10.9. The summed E-state index contributed by atoms with van der Waals surface area (Å²) in [5.41, 5.74) is 8.08. The molecule has 4 heteroatoms. The van der Waals surface area contributed by atoms with Crippen molar-refractivity contribution in [1.29, 1.82) is 0 Å². The van der Waals surface area contributed by atoms with Gasteiger partial charge in [-0.15, -0.1) is 0 Å². The molecule has 2 aromatic carbocycles. The van der Waals surface area contributed by atoms with E-state index in [0.717, 1.165) is 53.8 Å². The summed E-state index contributed by atoms with van der Waals surface area (Å²) >= 11 is 0. The number of aliphatic hydroxyl groups excluding tert-OH is 1. The van der Waals surface area contributed by atoms with Crippen LogP contribution in [0.4, 0.5) is 0 Å². The molecular formula is C26H34N2O2. The highest BCUT2D eigenvalue weighted by Gasteiger charge is 2.35. The standard InChI is InChI=1S/C26H34N2O2/c1-17(2)23-14-24(19(4)12-18(23)3)25(29)28-15-20-6-7-22(13-21(20)16-28)26(30)8-10-27(5)11-9-26/h6-7,12-14,25,29-30H,1,8-11,15-16H2,2-5H3. The summed E-state index contributed by atoms with van der Waals surface area (Å²) in [7, 11) is 2.11. The van der Waals surface area contributed by atoms with Gasteiger partial charge >= 0.3 is 0 Å². The van der Waals surface area contributed by atoms with Gasteiger partial charge in [-0.25, -0.2) is 0 Å². The third-order valence-corrected chi connectivity index (χ3v) is 7.00. The lowest BCUT2D eigenvalue weighted by Crippen LogP contribution is -2.40. The van der Waals surface area contributed by atoms with Crippen molar-refractivity contribution in [3.63, 3.8) is 0 Å². The molecule has 1 unspecified atom stereocenters. The smallest absolute Gasteiger partial charge is 0.134 e. The average molecular weight is 407 g/mol. The monoisotopic (exact) mass is 406 g/mol. The largest absolute Gasteiger partial charge is 0.385 e. The molecule has 4 nitrogen and oxygen atoms in total. The molecule has 2 N–H and O–H groups in total. The zero-order valence-corrected chi connectivity index (χ0v) is 18.7. The van der Waals surface area contributed by atoms with Gasteiger partial charge in [0.05, 0.1) is 5.60 Å². The van der Waals surface area contributed by atoms with Gasteiger partial charge in [0.15, 0.2) is 0 Å². The SMILES string of the molecule is C=C(C)c1cc(C(O)N2Cc3ccc(C4(O)CCN(C)CC4)cc3C2)c(C)cc1C. The lowest BCUT2D eigenvalue weighted by Gasteiger charge is -2.37. The number of allylic oxidation sites excluding steroid dienone is 1. The van der Waals surface area contributed by atoms with Gasteiger partial charge in [-0.2, -0.15) is 0 Å². The number of fused-ring (bicyclic) bond motifs is 1. The zero-order valence-electron chi connectivity index (χ0n) is 18.7. The third-order valence-electron chi connectivity index (χ3n) is 7.00. The van der Waals surface area contributed by atoms with Crippen LogP contribution in [0, 0.1) is 13.8 Å². The summed E-state index contributed by atoms with van der Waals surface area (Å²) in [6, 6.07) is 10.6. The minimum Gasteiger partial charge on any atom is -0.385 e. The quantitative estimate of drug-likeness (QED) is 0.797. The molecule has 0 bridgehead atoms. The Labute approximate surface area is 180 Å². The highest BCUT2D eigenvalue weighted by molar-refractivity contribution is 5.66. The number of likely N-dealkylation sites (tertiary alicyclic amines) is 1. The molecule has 30 heavy (non-hydrogen) atoms. The van der Waals surface area contributed by atoms with Gasteiger partial charge in [0.25, 0.3) is 0 Å². The Morgan fingerprint density at radius 2 is 1.70 bits per heavy atom. The van der Waals surface area contributed by atoms with Crippen molar-refractivity contribution < 1.29 is 10.2 Å². The molecule has 0 aliphatic carbocycles. The van der Waals surface area contributed by atoms with Gasteiger partial charge < -0.3 is 15.1 Å². The maximum atomic E-state index is 11.2. The number of hydrogen-bond acceptors (Lipinski definition) is 4. The number of aryl methyl sites for hydroxylation is 2. The Hall–Kier alpha value is -1.98.